The lowest BCUT2D eigenvalue weighted by atomic mass is 10.2. The summed E-state index contributed by atoms with van der Waals surface area (Å²) < 4.78 is 3.93. The lowest BCUT2D eigenvalue weighted by Gasteiger charge is -2.13. The number of nitrogens with one attached hydrogen (secondary N) is 1. The third-order valence-corrected chi connectivity index (χ3v) is 2.80. The average molecular weight is 233 g/mol. The van der Waals surface area contributed by atoms with Crippen LogP contribution in [0.25, 0.3) is 0 Å². The molecule has 0 aliphatic heterocycles. The van der Waals surface area contributed by atoms with Gasteiger partial charge < -0.3 is 9.88 Å². The highest BCUT2D eigenvalue weighted by Gasteiger charge is 2.06. The molecule has 1 N–H and O–H groups in total. The van der Waals surface area contributed by atoms with E-state index < -0.39 is 0 Å². The van der Waals surface area contributed by atoms with Crippen molar-refractivity contribution in [1.82, 2.24) is 24.6 Å². The lowest BCUT2D eigenvalue weighted by Crippen LogP contribution is -2.29. The van der Waals surface area contributed by atoms with E-state index >= 15 is 0 Å². The standard InChI is InChI=1S/C12H19N5/c1-10(7-17-5-4-13-9-17)14-6-12-8-16(3)15-11(12)2/h4-5,8-10,14H,6-7H2,1-3H3. The fraction of sp³-hybridized carbons (Fsp3) is 0.500. The summed E-state index contributed by atoms with van der Waals surface area (Å²) in [4.78, 5) is 4.03. The summed E-state index contributed by atoms with van der Waals surface area (Å²) in [5, 5.41) is 7.82. The molecular weight excluding hydrogens is 214 g/mol. The molecule has 5 heteroatoms. The molecule has 1 atom stereocenters. The Kier molecular flexibility index (Phi) is 3.58. The van der Waals surface area contributed by atoms with Gasteiger partial charge in [0.05, 0.1) is 12.0 Å². The summed E-state index contributed by atoms with van der Waals surface area (Å²) in [5.74, 6) is 0. The van der Waals surface area contributed by atoms with Crippen molar-refractivity contribution in [2.75, 3.05) is 0 Å². The van der Waals surface area contributed by atoms with Crippen molar-refractivity contribution in [3.63, 3.8) is 0 Å². The van der Waals surface area contributed by atoms with Gasteiger partial charge in [0, 0.05) is 50.3 Å². The fourth-order valence-electron chi connectivity index (χ4n) is 1.88. The normalized spacial score (nSPS) is 12.9. The molecule has 5 nitrogen and oxygen atoms in total. The number of rotatable bonds is 5. The zero-order valence-electron chi connectivity index (χ0n) is 10.6. The van der Waals surface area contributed by atoms with Crippen molar-refractivity contribution in [3.05, 3.63) is 36.2 Å². The molecular formula is C12H19N5. The van der Waals surface area contributed by atoms with Crippen molar-refractivity contribution in [2.45, 2.75) is 33.0 Å². The van der Waals surface area contributed by atoms with E-state index in [0.29, 0.717) is 6.04 Å². The first-order valence-corrected chi connectivity index (χ1v) is 5.83. The molecule has 0 aromatic carbocycles. The van der Waals surface area contributed by atoms with Gasteiger partial charge in [0.25, 0.3) is 0 Å². The van der Waals surface area contributed by atoms with Gasteiger partial charge in [-0.05, 0) is 13.8 Å². The van der Waals surface area contributed by atoms with Crippen LogP contribution in [-0.2, 0) is 20.1 Å². The predicted molar refractivity (Wildman–Crippen MR) is 66.5 cm³/mol. The van der Waals surface area contributed by atoms with Crippen LogP contribution in [0.2, 0.25) is 0 Å². The van der Waals surface area contributed by atoms with Gasteiger partial charge in [0.15, 0.2) is 0 Å². The Morgan fingerprint density at radius 3 is 2.88 bits per heavy atom. The predicted octanol–water partition coefficient (Wildman–Crippen LogP) is 1.10. The maximum atomic E-state index is 4.33. The molecule has 92 valence electrons. The molecule has 0 saturated heterocycles. The van der Waals surface area contributed by atoms with E-state index in [1.807, 2.05) is 31.2 Å². The molecule has 0 bridgehead atoms. The van der Waals surface area contributed by atoms with Crippen LogP contribution in [0.5, 0.6) is 0 Å². The van der Waals surface area contributed by atoms with Gasteiger partial charge in [-0.2, -0.15) is 5.10 Å². The summed E-state index contributed by atoms with van der Waals surface area (Å²) in [6.45, 7) is 6.00. The second kappa shape index (κ2) is 5.14. The van der Waals surface area contributed by atoms with Crippen molar-refractivity contribution in [3.8, 4) is 0 Å². The summed E-state index contributed by atoms with van der Waals surface area (Å²) in [7, 11) is 1.95. The van der Waals surface area contributed by atoms with E-state index in [1.165, 1.54) is 5.56 Å². The highest BCUT2D eigenvalue weighted by Crippen LogP contribution is 2.04. The number of imidazole rings is 1. The van der Waals surface area contributed by atoms with Crippen molar-refractivity contribution in [2.24, 2.45) is 7.05 Å². The number of hydrogen-bond acceptors (Lipinski definition) is 3. The minimum Gasteiger partial charge on any atom is -0.336 e. The molecule has 1 unspecified atom stereocenters. The van der Waals surface area contributed by atoms with Gasteiger partial charge in [0.2, 0.25) is 0 Å². The third-order valence-electron chi connectivity index (χ3n) is 2.80. The van der Waals surface area contributed by atoms with Crippen LogP contribution in [0.1, 0.15) is 18.2 Å². The van der Waals surface area contributed by atoms with E-state index in [1.54, 1.807) is 6.20 Å². The van der Waals surface area contributed by atoms with Gasteiger partial charge in [0.1, 0.15) is 0 Å². The van der Waals surface area contributed by atoms with Crippen LogP contribution in [0.15, 0.2) is 24.9 Å². The van der Waals surface area contributed by atoms with Crippen LogP contribution in [0.3, 0.4) is 0 Å². The summed E-state index contributed by atoms with van der Waals surface area (Å²) >= 11 is 0. The highest BCUT2D eigenvalue weighted by molar-refractivity contribution is 5.14. The van der Waals surface area contributed by atoms with Gasteiger partial charge in [-0.15, -0.1) is 0 Å². The highest BCUT2D eigenvalue weighted by atomic mass is 15.3. The molecule has 0 aliphatic rings. The van der Waals surface area contributed by atoms with Crippen molar-refractivity contribution >= 4 is 0 Å². The van der Waals surface area contributed by atoms with E-state index in [2.05, 4.69) is 33.1 Å². The third kappa shape index (κ3) is 3.17. The SMILES string of the molecule is Cc1nn(C)cc1CNC(C)Cn1ccnc1. The zero-order valence-corrected chi connectivity index (χ0v) is 10.6. The molecule has 0 saturated carbocycles. The molecule has 0 fully saturated rings. The van der Waals surface area contributed by atoms with Crippen LogP contribution in [0.4, 0.5) is 0 Å². The Labute approximate surface area is 101 Å². The van der Waals surface area contributed by atoms with Gasteiger partial charge in [-0.1, -0.05) is 0 Å². The summed E-state index contributed by atoms with van der Waals surface area (Å²) in [5.41, 5.74) is 2.35. The number of aromatic nitrogens is 4. The average Bonchev–Trinajstić information content (AvgIpc) is 2.86. The maximum Gasteiger partial charge on any atom is 0.0946 e. The first kappa shape index (κ1) is 11.9. The first-order valence-electron chi connectivity index (χ1n) is 5.83. The first-order chi connectivity index (χ1) is 8.15. The zero-order chi connectivity index (χ0) is 12.3. The molecule has 0 aliphatic carbocycles. The quantitative estimate of drug-likeness (QED) is 0.841. The van der Waals surface area contributed by atoms with Crippen LogP contribution in [0, 0.1) is 6.92 Å². The molecule has 17 heavy (non-hydrogen) atoms. The van der Waals surface area contributed by atoms with E-state index in [-0.39, 0.29) is 0 Å². The van der Waals surface area contributed by atoms with Crippen LogP contribution >= 0.6 is 0 Å². The van der Waals surface area contributed by atoms with Gasteiger partial charge in [-0.25, -0.2) is 4.98 Å². The minimum absolute atomic E-state index is 0.406. The summed E-state index contributed by atoms with van der Waals surface area (Å²) in [6, 6.07) is 0.406. The molecule has 0 spiro atoms. The Morgan fingerprint density at radius 2 is 2.29 bits per heavy atom. The minimum atomic E-state index is 0.406. The monoisotopic (exact) mass is 233 g/mol. The molecule has 2 heterocycles. The second-order valence-electron chi connectivity index (χ2n) is 4.45. The molecule has 0 amide bonds. The number of nitrogens with zero attached hydrogens (tertiary/aromatic N) is 4. The Bertz CT molecular complexity index is 457. The lowest BCUT2D eigenvalue weighted by molar-refractivity contribution is 0.475. The van der Waals surface area contributed by atoms with Crippen molar-refractivity contribution < 1.29 is 0 Å². The summed E-state index contributed by atoms with van der Waals surface area (Å²) in [6.07, 6.45) is 7.69. The fourth-order valence-corrected chi connectivity index (χ4v) is 1.88. The second-order valence-corrected chi connectivity index (χ2v) is 4.45. The van der Waals surface area contributed by atoms with Gasteiger partial charge in [-0.3, -0.25) is 4.68 Å². The Hall–Kier alpha value is -1.62. The van der Waals surface area contributed by atoms with Crippen LogP contribution in [-0.4, -0.2) is 25.4 Å². The Morgan fingerprint density at radius 1 is 1.47 bits per heavy atom. The van der Waals surface area contributed by atoms with E-state index in [9.17, 15) is 0 Å². The number of hydrogen-bond donors (Lipinski definition) is 1. The number of aryl methyl sites for hydroxylation is 2. The van der Waals surface area contributed by atoms with E-state index in [0.717, 1.165) is 18.8 Å². The Balaban J connectivity index is 1.84. The van der Waals surface area contributed by atoms with Gasteiger partial charge >= 0.3 is 0 Å². The molecule has 0 radical (unpaired) electrons. The largest absolute Gasteiger partial charge is 0.336 e. The van der Waals surface area contributed by atoms with Crippen molar-refractivity contribution in [1.29, 1.82) is 0 Å². The smallest absolute Gasteiger partial charge is 0.0946 e. The molecule has 2 aromatic rings. The molecule has 2 rings (SSSR count). The topological polar surface area (TPSA) is 47.7 Å². The molecule has 2 aromatic heterocycles. The van der Waals surface area contributed by atoms with Crippen LogP contribution < -0.4 is 5.32 Å². The van der Waals surface area contributed by atoms with E-state index in [4.69, 9.17) is 0 Å². The maximum absolute atomic E-state index is 4.33.